The fourth-order valence-corrected chi connectivity index (χ4v) is 2.57. The molecule has 1 aromatic carbocycles. The maximum Gasteiger partial charge on any atom is 0.315 e. The van der Waals surface area contributed by atoms with Crippen LogP contribution in [0.3, 0.4) is 0 Å². The molecule has 7 nitrogen and oxygen atoms in total. The molecule has 0 saturated heterocycles. The molecule has 0 aliphatic carbocycles. The van der Waals surface area contributed by atoms with Crippen molar-refractivity contribution in [3.05, 3.63) is 41.2 Å². The second kappa shape index (κ2) is 8.96. The Morgan fingerprint density at radius 1 is 1.12 bits per heavy atom. The van der Waals surface area contributed by atoms with Gasteiger partial charge in [-0.1, -0.05) is 6.07 Å². The number of nitrogens with zero attached hydrogens (tertiary/aromatic N) is 2. The molecule has 2 rings (SSSR count). The number of amides is 2. The van der Waals surface area contributed by atoms with Crippen LogP contribution in [0.1, 0.15) is 23.4 Å². The van der Waals surface area contributed by atoms with Gasteiger partial charge >= 0.3 is 6.03 Å². The second-order valence-electron chi connectivity index (χ2n) is 5.80. The van der Waals surface area contributed by atoms with Gasteiger partial charge in [0.15, 0.2) is 11.5 Å². The number of hydrogen-bond donors (Lipinski definition) is 2. The molecule has 0 aliphatic rings. The van der Waals surface area contributed by atoms with E-state index in [0.717, 1.165) is 29.9 Å². The van der Waals surface area contributed by atoms with Gasteiger partial charge in [-0.25, -0.2) is 4.79 Å². The highest BCUT2D eigenvalue weighted by Gasteiger charge is 2.06. The molecule has 2 amide bonds. The summed E-state index contributed by atoms with van der Waals surface area (Å²) >= 11 is 0. The molecule has 2 aromatic rings. The third-order valence-electron chi connectivity index (χ3n) is 3.84. The van der Waals surface area contributed by atoms with Crippen LogP contribution in [0.5, 0.6) is 11.5 Å². The number of benzene rings is 1. The second-order valence-corrected chi connectivity index (χ2v) is 5.80. The minimum atomic E-state index is -0.192. The van der Waals surface area contributed by atoms with Gasteiger partial charge in [-0.05, 0) is 44.0 Å². The predicted octanol–water partition coefficient (Wildman–Crippen LogP) is 2.41. The number of urea groups is 1. The molecule has 0 radical (unpaired) electrons. The quantitative estimate of drug-likeness (QED) is 0.720. The number of nitrogens with one attached hydrogen (secondary N) is 2. The number of ether oxygens (including phenoxy) is 2. The summed E-state index contributed by atoms with van der Waals surface area (Å²) in [5.41, 5.74) is 3.09. The lowest BCUT2D eigenvalue weighted by atomic mass is 10.2. The Bertz CT molecular complexity index is 712. The average Bonchev–Trinajstić information content (AvgIpc) is 2.93. The minimum absolute atomic E-state index is 0.192. The summed E-state index contributed by atoms with van der Waals surface area (Å²) in [5, 5.41) is 10.1. The first kappa shape index (κ1) is 18.6. The van der Waals surface area contributed by atoms with Crippen LogP contribution in [0.2, 0.25) is 0 Å². The van der Waals surface area contributed by atoms with Crippen molar-refractivity contribution in [2.24, 2.45) is 0 Å². The van der Waals surface area contributed by atoms with Crippen molar-refractivity contribution in [1.82, 2.24) is 20.4 Å². The highest BCUT2D eigenvalue weighted by molar-refractivity contribution is 5.73. The van der Waals surface area contributed by atoms with E-state index in [-0.39, 0.29) is 6.03 Å². The fraction of sp³-hybridized carbons (Fsp3) is 0.444. The van der Waals surface area contributed by atoms with Crippen molar-refractivity contribution < 1.29 is 14.3 Å². The third kappa shape index (κ3) is 5.41. The normalized spacial score (nSPS) is 10.4. The SMILES string of the molecule is COc1ccc(CNC(=O)NCCCn2nc(C)cc2C)cc1OC. The molecule has 0 bridgehead atoms. The van der Waals surface area contributed by atoms with Crippen LogP contribution >= 0.6 is 0 Å². The molecule has 0 atom stereocenters. The number of carbonyl (C=O) groups excluding carboxylic acids is 1. The molecule has 1 heterocycles. The molecule has 0 spiro atoms. The number of carbonyl (C=O) groups is 1. The summed E-state index contributed by atoms with van der Waals surface area (Å²) in [6.07, 6.45) is 0.825. The maximum absolute atomic E-state index is 11.9. The Labute approximate surface area is 148 Å². The zero-order chi connectivity index (χ0) is 18.2. The molecule has 136 valence electrons. The van der Waals surface area contributed by atoms with Crippen molar-refractivity contribution in [1.29, 1.82) is 0 Å². The molecule has 7 heteroatoms. The van der Waals surface area contributed by atoms with Gasteiger partial charge < -0.3 is 20.1 Å². The summed E-state index contributed by atoms with van der Waals surface area (Å²) in [7, 11) is 3.18. The largest absolute Gasteiger partial charge is 0.493 e. The van der Waals surface area contributed by atoms with Crippen LogP contribution in [0, 0.1) is 13.8 Å². The minimum Gasteiger partial charge on any atom is -0.493 e. The van der Waals surface area contributed by atoms with E-state index in [9.17, 15) is 4.79 Å². The van der Waals surface area contributed by atoms with Crippen LogP contribution in [0.25, 0.3) is 0 Å². The van der Waals surface area contributed by atoms with E-state index in [1.165, 1.54) is 0 Å². The number of hydrogen-bond acceptors (Lipinski definition) is 4. The first-order valence-corrected chi connectivity index (χ1v) is 8.27. The van der Waals surface area contributed by atoms with Crippen LogP contribution in [-0.2, 0) is 13.1 Å². The Balaban J connectivity index is 1.71. The Morgan fingerprint density at radius 3 is 2.52 bits per heavy atom. The highest BCUT2D eigenvalue weighted by Crippen LogP contribution is 2.27. The number of methoxy groups -OCH3 is 2. The lowest BCUT2D eigenvalue weighted by molar-refractivity contribution is 0.240. The van der Waals surface area contributed by atoms with Crippen molar-refractivity contribution in [3.8, 4) is 11.5 Å². The first-order chi connectivity index (χ1) is 12.0. The Hall–Kier alpha value is -2.70. The fourth-order valence-electron chi connectivity index (χ4n) is 2.57. The van der Waals surface area contributed by atoms with Gasteiger partial charge in [-0.2, -0.15) is 5.10 Å². The molecule has 0 unspecified atom stereocenters. The van der Waals surface area contributed by atoms with Crippen LogP contribution in [-0.4, -0.2) is 36.6 Å². The van der Waals surface area contributed by atoms with Crippen LogP contribution in [0.4, 0.5) is 4.79 Å². The highest BCUT2D eigenvalue weighted by atomic mass is 16.5. The van der Waals surface area contributed by atoms with E-state index in [0.29, 0.717) is 24.6 Å². The molecule has 1 aromatic heterocycles. The number of rotatable bonds is 8. The van der Waals surface area contributed by atoms with Crippen molar-refractivity contribution >= 4 is 6.03 Å². The van der Waals surface area contributed by atoms with Crippen LogP contribution in [0.15, 0.2) is 24.3 Å². The van der Waals surface area contributed by atoms with E-state index < -0.39 is 0 Å². The molecule has 0 aliphatic heterocycles. The summed E-state index contributed by atoms with van der Waals surface area (Å²) in [5.74, 6) is 1.31. The van der Waals surface area contributed by atoms with Gasteiger partial charge in [0, 0.05) is 25.3 Å². The van der Waals surface area contributed by atoms with Crippen molar-refractivity contribution in [3.63, 3.8) is 0 Å². The Morgan fingerprint density at radius 2 is 1.88 bits per heavy atom. The molecule has 25 heavy (non-hydrogen) atoms. The lowest BCUT2D eigenvalue weighted by Crippen LogP contribution is -2.35. The van der Waals surface area contributed by atoms with Gasteiger partial charge in [0.1, 0.15) is 0 Å². The third-order valence-corrected chi connectivity index (χ3v) is 3.84. The topological polar surface area (TPSA) is 77.4 Å². The van der Waals surface area contributed by atoms with Gasteiger partial charge in [-0.3, -0.25) is 4.68 Å². The summed E-state index contributed by atoms with van der Waals surface area (Å²) in [6, 6.07) is 7.42. The summed E-state index contributed by atoms with van der Waals surface area (Å²) in [4.78, 5) is 11.9. The van der Waals surface area contributed by atoms with Crippen LogP contribution < -0.4 is 20.1 Å². The van der Waals surface area contributed by atoms with Gasteiger partial charge in [0.25, 0.3) is 0 Å². The summed E-state index contributed by atoms with van der Waals surface area (Å²) < 4.78 is 12.4. The predicted molar refractivity (Wildman–Crippen MR) is 96.1 cm³/mol. The zero-order valence-corrected chi connectivity index (χ0v) is 15.3. The van der Waals surface area contributed by atoms with E-state index in [2.05, 4.69) is 15.7 Å². The molecule has 0 saturated carbocycles. The summed E-state index contributed by atoms with van der Waals surface area (Å²) in [6.45, 7) is 5.81. The first-order valence-electron chi connectivity index (χ1n) is 8.27. The van der Waals surface area contributed by atoms with Gasteiger partial charge in [0.05, 0.1) is 19.9 Å². The van der Waals surface area contributed by atoms with Crippen molar-refractivity contribution in [2.75, 3.05) is 20.8 Å². The number of aryl methyl sites for hydroxylation is 3. The maximum atomic E-state index is 11.9. The lowest BCUT2D eigenvalue weighted by Gasteiger charge is -2.11. The monoisotopic (exact) mass is 346 g/mol. The van der Waals surface area contributed by atoms with Gasteiger partial charge in [0.2, 0.25) is 0 Å². The molecular formula is C18H26N4O3. The Kier molecular flexibility index (Phi) is 6.68. The van der Waals surface area contributed by atoms with E-state index in [1.54, 1.807) is 14.2 Å². The van der Waals surface area contributed by atoms with Crippen molar-refractivity contribution in [2.45, 2.75) is 33.4 Å². The standard InChI is InChI=1S/C18H26N4O3/c1-13-10-14(2)22(21-13)9-5-8-19-18(23)20-12-15-6-7-16(24-3)17(11-15)25-4/h6-7,10-11H,5,8-9,12H2,1-4H3,(H2,19,20,23). The molecule has 2 N–H and O–H groups in total. The molecular weight excluding hydrogens is 320 g/mol. The van der Waals surface area contributed by atoms with E-state index in [1.807, 2.05) is 42.8 Å². The zero-order valence-electron chi connectivity index (χ0n) is 15.3. The molecule has 0 fully saturated rings. The van der Waals surface area contributed by atoms with E-state index >= 15 is 0 Å². The number of aromatic nitrogens is 2. The smallest absolute Gasteiger partial charge is 0.315 e. The van der Waals surface area contributed by atoms with Gasteiger partial charge in [-0.15, -0.1) is 0 Å². The average molecular weight is 346 g/mol. The van der Waals surface area contributed by atoms with E-state index in [4.69, 9.17) is 9.47 Å².